The zero-order valence-corrected chi connectivity index (χ0v) is 14.8. The van der Waals surface area contributed by atoms with Gasteiger partial charge in [-0.3, -0.25) is 9.59 Å². The molecule has 2 rings (SSSR count). The van der Waals surface area contributed by atoms with Gasteiger partial charge < -0.3 is 14.9 Å². The number of alkyl halides is 3. The molecule has 2 fully saturated rings. The first-order valence-corrected chi connectivity index (χ1v) is 8.95. The maximum Gasteiger partial charge on any atom is 0.419 e. The van der Waals surface area contributed by atoms with Crippen molar-refractivity contribution in [3.8, 4) is 0 Å². The summed E-state index contributed by atoms with van der Waals surface area (Å²) in [6.45, 7) is 4.81. The molecule has 138 valence electrons. The Morgan fingerprint density at radius 2 is 1.92 bits per heavy atom. The Morgan fingerprint density at radius 1 is 1.29 bits per heavy atom. The topological polar surface area (TPSA) is 60.9 Å². The lowest BCUT2D eigenvalue weighted by Gasteiger charge is -2.30. The summed E-state index contributed by atoms with van der Waals surface area (Å²) in [5, 5.41) is 9.71. The number of halogens is 3. The van der Waals surface area contributed by atoms with E-state index in [4.69, 9.17) is 0 Å². The zero-order valence-electron chi connectivity index (χ0n) is 14.0. The standard InChI is InChI=1S/C15H23F3N2O3S/c1-13(2,3)6-11(21)20-9-24-7-10(20)12(22)19-5-4-14(23,8-19)15(16,17)18/h10,23H,4-9H2,1-3H3. The molecule has 0 aromatic carbocycles. The number of likely N-dealkylation sites (tertiary alicyclic amines) is 1. The molecule has 0 aliphatic carbocycles. The van der Waals surface area contributed by atoms with Crippen LogP contribution in [-0.2, 0) is 9.59 Å². The van der Waals surface area contributed by atoms with Crippen molar-refractivity contribution < 1.29 is 27.9 Å². The van der Waals surface area contributed by atoms with Gasteiger partial charge in [-0.15, -0.1) is 11.8 Å². The van der Waals surface area contributed by atoms with Crippen molar-refractivity contribution in [2.45, 2.75) is 51.4 Å². The number of hydrogen-bond acceptors (Lipinski definition) is 4. The number of aliphatic hydroxyl groups is 1. The summed E-state index contributed by atoms with van der Waals surface area (Å²) < 4.78 is 38.7. The molecule has 1 N–H and O–H groups in total. The monoisotopic (exact) mass is 368 g/mol. The van der Waals surface area contributed by atoms with Crippen LogP contribution in [-0.4, -0.2) is 69.3 Å². The van der Waals surface area contributed by atoms with Gasteiger partial charge in [-0.1, -0.05) is 20.8 Å². The van der Waals surface area contributed by atoms with E-state index in [1.807, 2.05) is 20.8 Å². The third kappa shape index (κ3) is 3.99. The van der Waals surface area contributed by atoms with E-state index < -0.39 is 36.7 Å². The molecule has 2 saturated heterocycles. The number of hydrogen-bond donors (Lipinski definition) is 1. The molecule has 2 unspecified atom stereocenters. The molecule has 0 aromatic heterocycles. The molecule has 2 atom stereocenters. The number of β-amino-alcohol motifs (C(OH)–C–C–N with tert-alkyl or cyclic N) is 1. The van der Waals surface area contributed by atoms with Crippen LogP contribution in [0.5, 0.6) is 0 Å². The van der Waals surface area contributed by atoms with Crippen LogP contribution in [0.15, 0.2) is 0 Å². The van der Waals surface area contributed by atoms with Gasteiger partial charge in [-0.05, 0) is 5.41 Å². The summed E-state index contributed by atoms with van der Waals surface area (Å²) in [6, 6.07) is -0.750. The highest BCUT2D eigenvalue weighted by Crippen LogP contribution is 2.38. The van der Waals surface area contributed by atoms with Crippen LogP contribution in [0, 0.1) is 5.41 Å². The second-order valence-corrected chi connectivity index (χ2v) is 8.66. The van der Waals surface area contributed by atoms with Crippen LogP contribution >= 0.6 is 11.8 Å². The number of carbonyl (C=O) groups excluding carboxylic acids is 2. The number of carbonyl (C=O) groups is 2. The van der Waals surface area contributed by atoms with Crippen LogP contribution in [0.3, 0.4) is 0 Å². The fourth-order valence-electron chi connectivity index (χ4n) is 2.87. The van der Waals surface area contributed by atoms with Gasteiger partial charge in [0.25, 0.3) is 0 Å². The minimum absolute atomic E-state index is 0.155. The lowest BCUT2D eigenvalue weighted by Crippen LogP contribution is -2.52. The Hall–Kier alpha value is -0.960. The first-order valence-electron chi connectivity index (χ1n) is 7.79. The summed E-state index contributed by atoms with van der Waals surface area (Å²) in [6.07, 6.45) is -5.03. The molecule has 0 radical (unpaired) electrons. The molecule has 5 nitrogen and oxygen atoms in total. The van der Waals surface area contributed by atoms with Crippen LogP contribution in [0.2, 0.25) is 0 Å². The molecule has 0 aromatic rings. The van der Waals surface area contributed by atoms with Crippen LogP contribution in [0.1, 0.15) is 33.6 Å². The molecule has 0 spiro atoms. The Labute approximate surface area is 143 Å². The van der Waals surface area contributed by atoms with E-state index in [1.165, 1.54) is 16.7 Å². The van der Waals surface area contributed by atoms with Crippen molar-refractivity contribution in [1.82, 2.24) is 9.80 Å². The van der Waals surface area contributed by atoms with Gasteiger partial charge in [0, 0.05) is 25.1 Å². The molecule has 24 heavy (non-hydrogen) atoms. The number of thioether (sulfide) groups is 1. The van der Waals surface area contributed by atoms with Crippen molar-refractivity contribution in [2.24, 2.45) is 5.41 Å². The Balaban J connectivity index is 2.06. The predicted octanol–water partition coefficient (Wildman–Crippen LogP) is 1.85. The highest BCUT2D eigenvalue weighted by molar-refractivity contribution is 7.99. The Bertz CT molecular complexity index is 521. The van der Waals surface area contributed by atoms with Crippen molar-refractivity contribution in [3.05, 3.63) is 0 Å². The van der Waals surface area contributed by atoms with Crippen molar-refractivity contribution in [2.75, 3.05) is 24.7 Å². The molecule has 2 aliphatic heterocycles. The quantitative estimate of drug-likeness (QED) is 0.808. The fraction of sp³-hybridized carbons (Fsp3) is 0.867. The van der Waals surface area contributed by atoms with Gasteiger partial charge in [-0.25, -0.2) is 0 Å². The van der Waals surface area contributed by atoms with E-state index >= 15 is 0 Å². The molecule has 0 bridgehead atoms. The average Bonchev–Trinajstić information content (AvgIpc) is 3.02. The SMILES string of the molecule is CC(C)(C)CC(=O)N1CSCC1C(=O)N1CCC(O)(C(F)(F)F)C1. The summed E-state index contributed by atoms with van der Waals surface area (Å²) in [5.74, 6) is 0.0526. The Morgan fingerprint density at radius 3 is 2.42 bits per heavy atom. The van der Waals surface area contributed by atoms with Gasteiger partial charge in [0.1, 0.15) is 6.04 Å². The smallest absolute Gasteiger partial charge is 0.379 e. The number of rotatable bonds is 2. The van der Waals surface area contributed by atoms with E-state index in [2.05, 4.69) is 0 Å². The highest BCUT2D eigenvalue weighted by Gasteiger charge is 2.58. The van der Waals surface area contributed by atoms with Crippen molar-refractivity contribution in [3.63, 3.8) is 0 Å². The Kier molecular flexibility index (Phi) is 5.17. The van der Waals surface area contributed by atoms with Crippen molar-refractivity contribution >= 4 is 23.6 Å². The zero-order chi connectivity index (χ0) is 18.3. The summed E-state index contributed by atoms with van der Waals surface area (Å²) in [5.41, 5.74) is -3.09. The minimum Gasteiger partial charge on any atom is -0.379 e. The van der Waals surface area contributed by atoms with E-state index in [9.17, 15) is 27.9 Å². The lowest BCUT2D eigenvalue weighted by atomic mass is 9.91. The largest absolute Gasteiger partial charge is 0.419 e. The molecular weight excluding hydrogens is 345 g/mol. The second kappa shape index (κ2) is 6.40. The first-order chi connectivity index (χ1) is 10.8. The first kappa shape index (κ1) is 19.4. The number of nitrogens with zero attached hydrogens (tertiary/aromatic N) is 2. The van der Waals surface area contributed by atoms with Crippen LogP contribution in [0.25, 0.3) is 0 Å². The highest BCUT2D eigenvalue weighted by atomic mass is 32.2. The fourth-order valence-corrected chi connectivity index (χ4v) is 4.04. The minimum atomic E-state index is -4.77. The lowest BCUT2D eigenvalue weighted by molar-refractivity contribution is -0.253. The molecule has 9 heteroatoms. The predicted molar refractivity (Wildman–Crippen MR) is 84.2 cm³/mol. The summed E-state index contributed by atoms with van der Waals surface area (Å²) >= 11 is 1.41. The maximum atomic E-state index is 12.9. The summed E-state index contributed by atoms with van der Waals surface area (Å²) in [4.78, 5) is 27.4. The van der Waals surface area contributed by atoms with Gasteiger partial charge in [0.05, 0.1) is 12.4 Å². The second-order valence-electron chi connectivity index (χ2n) is 7.66. The van der Waals surface area contributed by atoms with E-state index in [0.717, 1.165) is 4.90 Å². The normalized spacial score (nSPS) is 28.5. The van der Waals surface area contributed by atoms with Crippen LogP contribution < -0.4 is 0 Å². The van der Waals surface area contributed by atoms with Crippen LogP contribution in [0.4, 0.5) is 13.2 Å². The summed E-state index contributed by atoms with van der Waals surface area (Å²) in [7, 11) is 0. The molecule has 0 saturated carbocycles. The van der Waals surface area contributed by atoms with Gasteiger partial charge in [0.2, 0.25) is 11.8 Å². The number of amides is 2. The molecular formula is C15H23F3N2O3S. The van der Waals surface area contributed by atoms with E-state index in [1.54, 1.807) is 0 Å². The van der Waals surface area contributed by atoms with Crippen molar-refractivity contribution in [1.29, 1.82) is 0 Å². The third-order valence-corrected chi connectivity index (χ3v) is 5.27. The van der Waals surface area contributed by atoms with Gasteiger partial charge >= 0.3 is 6.18 Å². The van der Waals surface area contributed by atoms with E-state index in [-0.39, 0.29) is 24.3 Å². The average molecular weight is 368 g/mol. The van der Waals surface area contributed by atoms with E-state index in [0.29, 0.717) is 11.6 Å². The molecule has 2 heterocycles. The molecule has 2 aliphatic rings. The van der Waals surface area contributed by atoms with Gasteiger partial charge in [0.15, 0.2) is 5.60 Å². The third-order valence-electron chi connectivity index (χ3n) is 4.26. The van der Waals surface area contributed by atoms with Gasteiger partial charge in [-0.2, -0.15) is 13.2 Å². The maximum absolute atomic E-state index is 12.9. The molecule has 2 amide bonds.